The van der Waals surface area contributed by atoms with Crippen molar-refractivity contribution in [2.75, 3.05) is 19.7 Å². The Hall–Kier alpha value is -2.75. The van der Waals surface area contributed by atoms with E-state index in [0.717, 1.165) is 17.8 Å². The molecule has 0 saturated carbocycles. The number of guanidine groups is 1. The van der Waals surface area contributed by atoms with Gasteiger partial charge in [-0.2, -0.15) is 13.2 Å². The van der Waals surface area contributed by atoms with Crippen molar-refractivity contribution in [2.24, 2.45) is 4.99 Å². The number of ether oxygens (including phenoxy) is 1. The zero-order valence-corrected chi connectivity index (χ0v) is 17.2. The molecule has 0 aliphatic carbocycles. The second-order valence-corrected chi connectivity index (χ2v) is 6.94. The van der Waals surface area contributed by atoms with Crippen molar-refractivity contribution in [3.63, 3.8) is 0 Å². The molecule has 0 aliphatic rings. The summed E-state index contributed by atoms with van der Waals surface area (Å²) in [7, 11) is 0. The number of rotatable bonds is 9. The molecule has 0 aliphatic heterocycles. The second kappa shape index (κ2) is 10.9. The van der Waals surface area contributed by atoms with E-state index in [2.05, 4.69) is 20.8 Å². The molecule has 1 heterocycles. The van der Waals surface area contributed by atoms with E-state index in [-0.39, 0.29) is 31.4 Å². The summed E-state index contributed by atoms with van der Waals surface area (Å²) in [5.41, 5.74) is 0.0440. The normalized spacial score (nSPS) is 13.4. The Morgan fingerprint density at radius 2 is 2.03 bits per heavy atom. The smallest absolute Gasteiger partial charge is 0.416 e. The molecule has 0 amide bonds. The van der Waals surface area contributed by atoms with Crippen molar-refractivity contribution in [2.45, 2.75) is 45.5 Å². The second-order valence-electron chi connectivity index (χ2n) is 6.94. The zero-order valence-electron chi connectivity index (χ0n) is 17.2. The van der Waals surface area contributed by atoms with E-state index in [9.17, 15) is 18.3 Å². The number of nitrogens with zero attached hydrogens (tertiary/aromatic N) is 2. The number of aromatic nitrogens is 1. The number of nitrogens with one attached hydrogen (secondary N) is 2. The summed E-state index contributed by atoms with van der Waals surface area (Å²) in [5, 5.41) is 20.1. The first-order chi connectivity index (χ1) is 14.2. The molecule has 10 heteroatoms. The molecule has 0 fully saturated rings. The van der Waals surface area contributed by atoms with E-state index in [0.29, 0.717) is 18.3 Å². The fourth-order valence-electron chi connectivity index (χ4n) is 2.40. The van der Waals surface area contributed by atoms with Gasteiger partial charge < -0.3 is 25.0 Å². The van der Waals surface area contributed by atoms with Crippen LogP contribution in [-0.2, 0) is 12.7 Å². The highest BCUT2D eigenvalue weighted by atomic mass is 19.4. The summed E-state index contributed by atoms with van der Waals surface area (Å²) in [6.07, 6.45) is -5.41. The van der Waals surface area contributed by atoms with Gasteiger partial charge in [0.2, 0.25) is 0 Å². The number of benzene rings is 1. The van der Waals surface area contributed by atoms with Crippen molar-refractivity contribution < 1.29 is 27.5 Å². The van der Waals surface area contributed by atoms with Crippen LogP contribution in [-0.4, -0.2) is 42.0 Å². The summed E-state index contributed by atoms with van der Waals surface area (Å²) in [6, 6.07) is 6.36. The van der Waals surface area contributed by atoms with Crippen LogP contribution in [0.15, 0.2) is 39.8 Å². The maximum Gasteiger partial charge on any atom is 0.416 e. The molecular formula is C20H27F3N4O3. The number of aliphatic imine (C=N–C) groups is 1. The largest absolute Gasteiger partial charge is 0.491 e. The highest BCUT2D eigenvalue weighted by Gasteiger charge is 2.30. The van der Waals surface area contributed by atoms with Gasteiger partial charge in [-0.3, -0.25) is 0 Å². The Balaban J connectivity index is 1.85. The van der Waals surface area contributed by atoms with Gasteiger partial charge in [-0.15, -0.1) is 0 Å². The van der Waals surface area contributed by atoms with Gasteiger partial charge in [-0.1, -0.05) is 25.1 Å². The minimum absolute atomic E-state index is 0.0377. The summed E-state index contributed by atoms with van der Waals surface area (Å²) in [4.78, 5) is 4.37. The van der Waals surface area contributed by atoms with Crippen molar-refractivity contribution in [1.82, 2.24) is 15.8 Å². The Morgan fingerprint density at radius 3 is 2.67 bits per heavy atom. The summed E-state index contributed by atoms with van der Waals surface area (Å²) in [5.74, 6) is 1.36. The van der Waals surface area contributed by atoms with Crippen LogP contribution in [0.5, 0.6) is 5.75 Å². The van der Waals surface area contributed by atoms with Crippen molar-refractivity contribution in [1.29, 1.82) is 0 Å². The van der Waals surface area contributed by atoms with E-state index in [1.54, 1.807) is 0 Å². The van der Waals surface area contributed by atoms with Gasteiger partial charge in [0.15, 0.2) is 11.7 Å². The summed E-state index contributed by atoms with van der Waals surface area (Å²) >= 11 is 0. The van der Waals surface area contributed by atoms with Crippen LogP contribution in [0.1, 0.15) is 43.7 Å². The predicted octanol–water partition coefficient (Wildman–Crippen LogP) is 3.31. The number of hydrogen-bond donors (Lipinski definition) is 3. The third kappa shape index (κ3) is 7.58. The Bertz CT molecular complexity index is 822. The van der Waals surface area contributed by atoms with Gasteiger partial charge in [0.25, 0.3) is 0 Å². The molecule has 2 rings (SSSR count). The van der Waals surface area contributed by atoms with E-state index in [1.165, 1.54) is 12.1 Å². The van der Waals surface area contributed by atoms with Crippen LogP contribution in [0.3, 0.4) is 0 Å². The SMILES string of the molecule is CCNC(=NCc1cc(C(C)C)no1)NCC(O)COc1cccc(C(F)(F)F)c1. The number of halogens is 3. The number of aliphatic hydroxyl groups excluding tert-OH is 1. The minimum Gasteiger partial charge on any atom is -0.491 e. The first-order valence-corrected chi connectivity index (χ1v) is 9.64. The Kier molecular flexibility index (Phi) is 8.52. The predicted molar refractivity (Wildman–Crippen MR) is 106 cm³/mol. The highest BCUT2D eigenvalue weighted by molar-refractivity contribution is 5.79. The molecule has 0 bridgehead atoms. The highest BCUT2D eigenvalue weighted by Crippen LogP contribution is 2.31. The third-order valence-electron chi connectivity index (χ3n) is 4.01. The topological polar surface area (TPSA) is 91.9 Å². The van der Waals surface area contributed by atoms with Crippen LogP contribution in [0.4, 0.5) is 13.2 Å². The first kappa shape index (κ1) is 23.5. The summed E-state index contributed by atoms with van der Waals surface area (Å²) in [6.45, 7) is 6.72. The standard InChI is InChI=1S/C20H27F3N4O3/c1-4-24-19(26-11-17-9-18(13(2)3)27-30-17)25-10-15(28)12-29-16-7-5-6-14(8-16)20(21,22)23/h5-9,13,15,28H,4,10-12H2,1-3H3,(H2,24,25,26). The molecule has 0 radical (unpaired) electrons. The average Bonchev–Trinajstić information content (AvgIpc) is 3.17. The fraction of sp³-hybridized carbons (Fsp3) is 0.500. The summed E-state index contributed by atoms with van der Waals surface area (Å²) < 4.78 is 48.7. The van der Waals surface area contributed by atoms with Gasteiger partial charge in [0.05, 0.1) is 11.3 Å². The molecule has 2 aromatic rings. The maximum atomic E-state index is 12.7. The third-order valence-corrected chi connectivity index (χ3v) is 4.01. The molecule has 30 heavy (non-hydrogen) atoms. The molecule has 1 unspecified atom stereocenters. The Morgan fingerprint density at radius 1 is 1.27 bits per heavy atom. The van der Waals surface area contributed by atoms with Crippen LogP contribution < -0.4 is 15.4 Å². The molecule has 7 nitrogen and oxygen atoms in total. The van der Waals surface area contributed by atoms with Gasteiger partial charge in [0, 0.05) is 19.2 Å². The lowest BCUT2D eigenvalue weighted by Crippen LogP contribution is -2.42. The monoisotopic (exact) mass is 428 g/mol. The molecule has 0 saturated heterocycles. The van der Waals surface area contributed by atoms with Crippen LogP contribution >= 0.6 is 0 Å². The van der Waals surface area contributed by atoms with E-state index >= 15 is 0 Å². The van der Waals surface area contributed by atoms with Crippen molar-refractivity contribution >= 4 is 5.96 Å². The zero-order chi connectivity index (χ0) is 22.1. The van der Waals surface area contributed by atoms with Crippen molar-refractivity contribution in [3.8, 4) is 5.75 Å². The lowest BCUT2D eigenvalue weighted by atomic mass is 10.1. The van der Waals surface area contributed by atoms with Crippen LogP contribution in [0, 0.1) is 0 Å². The lowest BCUT2D eigenvalue weighted by molar-refractivity contribution is -0.137. The number of hydrogen-bond acceptors (Lipinski definition) is 5. The number of aliphatic hydroxyl groups is 1. The maximum absolute atomic E-state index is 12.7. The van der Waals surface area contributed by atoms with E-state index in [1.807, 2.05) is 26.8 Å². The molecule has 166 valence electrons. The molecule has 0 spiro atoms. The lowest BCUT2D eigenvalue weighted by Gasteiger charge is -2.16. The van der Waals surface area contributed by atoms with E-state index in [4.69, 9.17) is 9.26 Å². The van der Waals surface area contributed by atoms with Gasteiger partial charge >= 0.3 is 6.18 Å². The fourth-order valence-corrected chi connectivity index (χ4v) is 2.40. The molecule has 1 aromatic heterocycles. The van der Waals surface area contributed by atoms with Gasteiger partial charge in [0.1, 0.15) is 25.0 Å². The molecule has 1 atom stereocenters. The number of alkyl halides is 3. The molecule has 1 aromatic carbocycles. The first-order valence-electron chi connectivity index (χ1n) is 9.64. The average molecular weight is 428 g/mol. The molecular weight excluding hydrogens is 401 g/mol. The minimum atomic E-state index is -4.45. The van der Waals surface area contributed by atoms with Gasteiger partial charge in [-0.05, 0) is 31.0 Å². The van der Waals surface area contributed by atoms with Gasteiger partial charge in [-0.25, -0.2) is 4.99 Å². The van der Waals surface area contributed by atoms with Crippen LogP contribution in [0.25, 0.3) is 0 Å². The molecule has 3 N–H and O–H groups in total. The Labute approximate surface area is 173 Å². The quantitative estimate of drug-likeness (QED) is 0.419. The van der Waals surface area contributed by atoms with Crippen LogP contribution in [0.2, 0.25) is 0 Å². The van der Waals surface area contributed by atoms with Crippen molar-refractivity contribution in [3.05, 3.63) is 47.3 Å². The van der Waals surface area contributed by atoms with E-state index < -0.39 is 17.8 Å².